The van der Waals surface area contributed by atoms with Crippen LogP contribution in [-0.4, -0.2) is 22.4 Å². The Kier molecular flexibility index (Phi) is 5.36. The van der Waals surface area contributed by atoms with Crippen molar-refractivity contribution in [2.75, 3.05) is 16.8 Å². The van der Waals surface area contributed by atoms with Crippen molar-refractivity contribution in [3.63, 3.8) is 0 Å². The van der Waals surface area contributed by atoms with Crippen molar-refractivity contribution in [2.24, 2.45) is 0 Å². The molecule has 1 aromatic heterocycles. The van der Waals surface area contributed by atoms with E-state index in [9.17, 15) is 4.79 Å². The van der Waals surface area contributed by atoms with Gasteiger partial charge in [-0.2, -0.15) is 0 Å². The molecule has 0 atom stereocenters. The molecule has 0 unspecified atom stereocenters. The van der Waals surface area contributed by atoms with Gasteiger partial charge in [0.05, 0.1) is 0 Å². The summed E-state index contributed by atoms with van der Waals surface area (Å²) < 4.78 is 0. The number of aromatic nitrogens is 2. The predicted molar refractivity (Wildman–Crippen MR) is 99.6 cm³/mol. The lowest BCUT2D eigenvalue weighted by Gasteiger charge is -2.22. The van der Waals surface area contributed by atoms with E-state index >= 15 is 0 Å². The normalized spacial score (nSPS) is 10.3. The molecule has 0 saturated heterocycles. The molecular weight excluding hydrogens is 312 g/mol. The molecule has 0 aliphatic rings. The van der Waals surface area contributed by atoms with Crippen LogP contribution in [0.5, 0.6) is 0 Å². The minimum atomic E-state index is -0.245. The molecule has 0 aliphatic carbocycles. The van der Waals surface area contributed by atoms with Gasteiger partial charge in [-0.15, -0.1) is 0 Å². The number of benzene rings is 2. The van der Waals surface area contributed by atoms with Crippen LogP contribution in [0.1, 0.15) is 23.0 Å². The largest absolute Gasteiger partial charge is 0.352 e. The Bertz CT molecular complexity index is 821. The maximum atomic E-state index is 12.4. The quantitative estimate of drug-likeness (QED) is 0.747. The maximum Gasteiger partial charge on any atom is 0.274 e. The number of hydrogen-bond acceptors (Lipinski definition) is 4. The summed E-state index contributed by atoms with van der Waals surface area (Å²) in [4.78, 5) is 23.0. The Balaban J connectivity index is 1.76. The van der Waals surface area contributed by atoms with Gasteiger partial charge in [0.1, 0.15) is 17.8 Å². The van der Waals surface area contributed by atoms with Gasteiger partial charge >= 0.3 is 0 Å². The summed E-state index contributed by atoms with van der Waals surface area (Å²) in [5.41, 5.74) is 2.28. The van der Waals surface area contributed by atoms with Crippen molar-refractivity contribution in [2.45, 2.75) is 13.5 Å². The number of para-hydroxylation sites is 1. The van der Waals surface area contributed by atoms with Crippen molar-refractivity contribution in [1.82, 2.24) is 9.97 Å². The number of hydrogen-bond donors (Lipinski definition) is 1. The van der Waals surface area contributed by atoms with Crippen LogP contribution in [0.3, 0.4) is 0 Å². The zero-order valence-corrected chi connectivity index (χ0v) is 14.1. The summed E-state index contributed by atoms with van der Waals surface area (Å²) in [6, 6.07) is 21.2. The highest BCUT2D eigenvalue weighted by Gasteiger charge is 2.12. The van der Waals surface area contributed by atoms with Gasteiger partial charge in [-0.3, -0.25) is 4.79 Å². The average molecular weight is 332 g/mol. The first kappa shape index (κ1) is 16.6. The standard InChI is InChI=1S/C20H20N4O/c1-2-24(14-16-9-5-3-6-10-16)19-13-18(21-15-22-19)20(25)23-17-11-7-4-8-12-17/h3-13,15H,2,14H2,1H3,(H,23,25). The van der Waals surface area contributed by atoms with E-state index < -0.39 is 0 Å². The van der Waals surface area contributed by atoms with E-state index in [4.69, 9.17) is 0 Å². The van der Waals surface area contributed by atoms with Crippen molar-refractivity contribution < 1.29 is 4.79 Å². The molecule has 5 nitrogen and oxygen atoms in total. The lowest BCUT2D eigenvalue weighted by molar-refractivity contribution is 0.102. The van der Waals surface area contributed by atoms with Gasteiger partial charge in [0.25, 0.3) is 5.91 Å². The highest BCUT2D eigenvalue weighted by atomic mass is 16.1. The predicted octanol–water partition coefficient (Wildman–Crippen LogP) is 3.76. The molecule has 3 aromatic rings. The SMILES string of the molecule is CCN(Cc1ccccc1)c1cc(C(=O)Nc2ccccc2)ncn1. The molecule has 25 heavy (non-hydrogen) atoms. The van der Waals surface area contributed by atoms with Crippen LogP contribution in [0.4, 0.5) is 11.5 Å². The van der Waals surface area contributed by atoms with Crippen LogP contribution in [0.2, 0.25) is 0 Å². The Hall–Kier alpha value is -3.21. The lowest BCUT2D eigenvalue weighted by Crippen LogP contribution is -2.24. The van der Waals surface area contributed by atoms with Gasteiger partial charge in [0, 0.05) is 24.8 Å². The Labute approximate surface area is 147 Å². The second kappa shape index (κ2) is 8.06. The van der Waals surface area contributed by atoms with Crippen molar-refractivity contribution in [3.05, 3.63) is 84.3 Å². The molecular formula is C20H20N4O. The van der Waals surface area contributed by atoms with E-state index in [0.29, 0.717) is 5.69 Å². The second-order valence-electron chi connectivity index (χ2n) is 5.58. The molecule has 1 N–H and O–H groups in total. The number of carbonyl (C=O) groups excluding carboxylic acids is 1. The van der Waals surface area contributed by atoms with E-state index in [1.165, 1.54) is 11.9 Å². The minimum Gasteiger partial charge on any atom is -0.352 e. The summed E-state index contributed by atoms with van der Waals surface area (Å²) in [5, 5.41) is 2.84. The van der Waals surface area contributed by atoms with Gasteiger partial charge in [-0.05, 0) is 24.6 Å². The maximum absolute atomic E-state index is 12.4. The number of amides is 1. The molecule has 126 valence electrons. The number of carbonyl (C=O) groups is 1. The van der Waals surface area contributed by atoms with E-state index in [-0.39, 0.29) is 5.91 Å². The van der Waals surface area contributed by atoms with E-state index in [0.717, 1.165) is 24.6 Å². The summed E-state index contributed by atoms with van der Waals surface area (Å²) in [6.45, 7) is 3.58. The lowest BCUT2D eigenvalue weighted by atomic mass is 10.2. The molecule has 2 aromatic carbocycles. The van der Waals surface area contributed by atoms with E-state index in [1.807, 2.05) is 48.5 Å². The zero-order valence-electron chi connectivity index (χ0n) is 14.1. The van der Waals surface area contributed by atoms with Crippen molar-refractivity contribution in [3.8, 4) is 0 Å². The molecule has 0 radical (unpaired) electrons. The van der Waals surface area contributed by atoms with Crippen LogP contribution in [0, 0.1) is 0 Å². The van der Waals surface area contributed by atoms with Gasteiger partial charge in [-0.1, -0.05) is 48.5 Å². The van der Waals surface area contributed by atoms with Crippen LogP contribution in [0.15, 0.2) is 73.1 Å². The van der Waals surface area contributed by atoms with Gasteiger partial charge < -0.3 is 10.2 Å². The highest BCUT2D eigenvalue weighted by molar-refractivity contribution is 6.03. The molecule has 0 saturated carbocycles. The number of nitrogens with one attached hydrogen (secondary N) is 1. The minimum absolute atomic E-state index is 0.245. The topological polar surface area (TPSA) is 58.1 Å². The first-order valence-corrected chi connectivity index (χ1v) is 8.23. The molecule has 0 aliphatic heterocycles. The fourth-order valence-corrected chi connectivity index (χ4v) is 2.52. The number of rotatable bonds is 6. The summed E-state index contributed by atoms with van der Waals surface area (Å²) in [7, 11) is 0. The van der Waals surface area contributed by atoms with Crippen LogP contribution in [0.25, 0.3) is 0 Å². The fraction of sp³-hybridized carbons (Fsp3) is 0.150. The molecule has 0 spiro atoms. The first-order chi connectivity index (χ1) is 12.3. The third-order valence-electron chi connectivity index (χ3n) is 3.84. The van der Waals surface area contributed by atoms with Gasteiger partial charge in [0.2, 0.25) is 0 Å². The zero-order chi connectivity index (χ0) is 17.5. The van der Waals surface area contributed by atoms with Crippen LogP contribution in [-0.2, 0) is 6.54 Å². The monoisotopic (exact) mass is 332 g/mol. The third-order valence-corrected chi connectivity index (χ3v) is 3.84. The van der Waals surface area contributed by atoms with Gasteiger partial charge in [-0.25, -0.2) is 9.97 Å². The number of anilines is 2. The average Bonchev–Trinajstić information content (AvgIpc) is 2.68. The Morgan fingerprint density at radius 2 is 1.68 bits per heavy atom. The van der Waals surface area contributed by atoms with E-state index in [1.54, 1.807) is 6.07 Å². The summed E-state index contributed by atoms with van der Waals surface area (Å²) >= 11 is 0. The number of nitrogens with zero attached hydrogens (tertiary/aromatic N) is 3. The second-order valence-corrected chi connectivity index (χ2v) is 5.58. The molecule has 0 fully saturated rings. The molecule has 1 heterocycles. The molecule has 1 amide bonds. The van der Waals surface area contributed by atoms with Crippen molar-refractivity contribution in [1.29, 1.82) is 0 Å². The summed E-state index contributed by atoms with van der Waals surface area (Å²) in [5.74, 6) is 0.491. The molecule has 0 bridgehead atoms. The van der Waals surface area contributed by atoms with Gasteiger partial charge in [0.15, 0.2) is 0 Å². The fourth-order valence-electron chi connectivity index (χ4n) is 2.52. The first-order valence-electron chi connectivity index (χ1n) is 8.23. The van der Waals surface area contributed by atoms with Crippen molar-refractivity contribution >= 4 is 17.4 Å². The Morgan fingerprint density at radius 3 is 2.36 bits per heavy atom. The van der Waals surface area contributed by atoms with Crippen LogP contribution >= 0.6 is 0 Å². The molecule has 3 rings (SSSR count). The molecule has 5 heteroatoms. The third kappa shape index (κ3) is 4.41. The smallest absolute Gasteiger partial charge is 0.274 e. The van der Waals surface area contributed by atoms with Crippen LogP contribution < -0.4 is 10.2 Å². The highest BCUT2D eigenvalue weighted by Crippen LogP contribution is 2.16. The van der Waals surface area contributed by atoms with E-state index in [2.05, 4.69) is 39.2 Å². The summed E-state index contributed by atoms with van der Waals surface area (Å²) in [6.07, 6.45) is 1.43. The Morgan fingerprint density at radius 1 is 1.00 bits per heavy atom.